The van der Waals surface area contributed by atoms with Gasteiger partial charge in [0.2, 0.25) is 0 Å². The van der Waals surface area contributed by atoms with Crippen LogP contribution < -0.4 is 5.73 Å². The predicted molar refractivity (Wildman–Crippen MR) is 96.1 cm³/mol. The van der Waals surface area contributed by atoms with Gasteiger partial charge in [-0.15, -0.1) is 0 Å². The van der Waals surface area contributed by atoms with Crippen molar-refractivity contribution in [2.45, 2.75) is 27.2 Å². The maximum Gasteiger partial charge on any atom is 0.315 e. The molecule has 0 amide bonds. The molecule has 1 aromatic heterocycles. The fourth-order valence-corrected chi connectivity index (χ4v) is 2.11. The van der Waals surface area contributed by atoms with Gasteiger partial charge in [-0.2, -0.15) is 0 Å². The van der Waals surface area contributed by atoms with Gasteiger partial charge in [0.15, 0.2) is 0 Å². The number of aryl methyl sites for hydroxylation is 1. The number of fused-ring (bicyclic) bond motifs is 1. The number of ether oxygens (including phenoxy) is 1. The Morgan fingerprint density at radius 1 is 1.26 bits per heavy atom. The molecule has 2 N–H and O–H groups in total. The zero-order chi connectivity index (χ0) is 17.5. The molecule has 0 unspecified atom stereocenters. The van der Waals surface area contributed by atoms with Crippen LogP contribution in [0.15, 0.2) is 36.4 Å². The molecule has 0 fully saturated rings. The maximum absolute atomic E-state index is 11.7. The molecule has 1 heterocycles. The number of hydrogen-bond donors (Lipinski definition) is 1. The summed E-state index contributed by atoms with van der Waals surface area (Å²) in [5, 5.41) is 1.12. The van der Waals surface area contributed by atoms with Gasteiger partial charge in [-0.3, -0.25) is 9.78 Å². The molecule has 0 radical (unpaired) electrons. The van der Waals surface area contributed by atoms with E-state index in [1.54, 1.807) is 0 Å². The Labute approximate surface area is 138 Å². The third-order valence-corrected chi connectivity index (χ3v) is 3.54. The van der Waals surface area contributed by atoms with Crippen molar-refractivity contribution in [1.82, 2.24) is 4.98 Å². The highest BCUT2D eigenvalue weighted by Gasteiger charge is 2.24. The van der Waals surface area contributed by atoms with Gasteiger partial charge in [0.1, 0.15) is 0 Å². The van der Waals surface area contributed by atoms with Gasteiger partial charge in [0.05, 0.1) is 18.0 Å². The first-order valence-corrected chi connectivity index (χ1v) is 7.71. The van der Waals surface area contributed by atoms with Crippen LogP contribution in [0.5, 0.6) is 0 Å². The number of pyridine rings is 1. The molecule has 0 saturated heterocycles. The van der Waals surface area contributed by atoms with Crippen LogP contribution in [0.25, 0.3) is 17.0 Å². The van der Waals surface area contributed by atoms with Crippen molar-refractivity contribution >= 4 is 22.9 Å². The summed E-state index contributed by atoms with van der Waals surface area (Å²) in [7, 11) is 2.91. The first-order chi connectivity index (χ1) is 11.0. The zero-order valence-corrected chi connectivity index (χ0v) is 14.6. The van der Waals surface area contributed by atoms with Crippen molar-refractivity contribution in [1.29, 1.82) is 0 Å². The minimum Gasteiger partial charge on any atom is -0.468 e. The summed E-state index contributed by atoms with van der Waals surface area (Å²) in [6, 6.07) is 10.3. The van der Waals surface area contributed by atoms with Gasteiger partial charge in [0, 0.05) is 11.1 Å². The summed E-state index contributed by atoms with van der Waals surface area (Å²) in [5.74, 6) is -0.245. The second-order valence-corrected chi connectivity index (χ2v) is 5.65. The first kappa shape index (κ1) is 18.8. The molecule has 0 saturated carbocycles. The van der Waals surface area contributed by atoms with E-state index >= 15 is 0 Å². The van der Waals surface area contributed by atoms with Crippen molar-refractivity contribution in [2.24, 2.45) is 11.1 Å². The number of hydrogen-bond acceptors (Lipinski definition) is 4. The Morgan fingerprint density at radius 2 is 1.91 bits per heavy atom. The molecule has 2 aromatic rings. The molecule has 23 heavy (non-hydrogen) atoms. The Morgan fingerprint density at radius 3 is 2.52 bits per heavy atom. The van der Waals surface area contributed by atoms with Gasteiger partial charge >= 0.3 is 5.97 Å². The second-order valence-electron chi connectivity index (χ2n) is 5.65. The average Bonchev–Trinajstić information content (AvgIpc) is 2.60. The third kappa shape index (κ3) is 4.89. The van der Waals surface area contributed by atoms with E-state index in [2.05, 4.69) is 29.8 Å². The highest BCUT2D eigenvalue weighted by Crippen LogP contribution is 2.22. The molecule has 124 valence electrons. The van der Waals surface area contributed by atoms with Gasteiger partial charge in [-0.05, 0) is 45.0 Å². The Balaban J connectivity index is 0.00000127. The Bertz CT molecular complexity index is 691. The molecule has 0 spiro atoms. The SMILES string of the molecule is CCc1ccc2ccc(/C=C/C(C)(C)C(=O)OC)cc2n1.CN. The van der Waals surface area contributed by atoms with Crippen LogP contribution in [0, 0.1) is 5.41 Å². The lowest BCUT2D eigenvalue weighted by Crippen LogP contribution is -2.22. The van der Waals surface area contributed by atoms with Crippen LogP contribution in [-0.2, 0) is 16.0 Å². The lowest BCUT2D eigenvalue weighted by molar-refractivity contribution is -0.148. The van der Waals surface area contributed by atoms with Gasteiger partial charge in [-0.25, -0.2) is 0 Å². The van der Waals surface area contributed by atoms with Gasteiger partial charge < -0.3 is 10.5 Å². The topological polar surface area (TPSA) is 65.2 Å². The number of nitrogens with zero attached hydrogens (tertiary/aromatic N) is 1. The van der Waals surface area contributed by atoms with E-state index in [1.807, 2.05) is 44.2 Å². The van der Waals surface area contributed by atoms with Crippen molar-refractivity contribution < 1.29 is 9.53 Å². The van der Waals surface area contributed by atoms with E-state index in [1.165, 1.54) is 14.2 Å². The smallest absolute Gasteiger partial charge is 0.315 e. The summed E-state index contributed by atoms with van der Waals surface area (Å²) < 4.78 is 4.80. The predicted octanol–water partition coefficient (Wildman–Crippen LogP) is 3.58. The minimum absolute atomic E-state index is 0.245. The number of aromatic nitrogens is 1. The first-order valence-electron chi connectivity index (χ1n) is 7.71. The quantitative estimate of drug-likeness (QED) is 0.876. The largest absolute Gasteiger partial charge is 0.468 e. The van der Waals surface area contributed by atoms with E-state index in [4.69, 9.17) is 4.74 Å². The number of carbonyl (C=O) groups excluding carboxylic acids is 1. The molecular formula is C19H26N2O2. The molecule has 0 atom stereocenters. The van der Waals surface area contributed by atoms with Gasteiger partial charge in [0.25, 0.3) is 0 Å². The summed E-state index contributed by atoms with van der Waals surface area (Å²) in [4.78, 5) is 16.3. The molecule has 0 aliphatic carbocycles. The summed E-state index contributed by atoms with van der Waals surface area (Å²) >= 11 is 0. The van der Waals surface area contributed by atoms with Crippen molar-refractivity contribution in [2.75, 3.05) is 14.2 Å². The van der Waals surface area contributed by atoms with E-state index in [9.17, 15) is 4.79 Å². The van der Waals surface area contributed by atoms with E-state index in [0.717, 1.165) is 28.6 Å². The number of methoxy groups -OCH3 is 1. The standard InChI is InChI=1S/C18H21NO2.CH5N/c1-5-15-9-8-14-7-6-13(12-16(14)19-15)10-11-18(2,3)17(20)21-4;1-2/h6-12H,5H2,1-4H3;2H2,1H3/b11-10+;. The second kappa shape index (κ2) is 8.44. The minimum atomic E-state index is -0.637. The summed E-state index contributed by atoms with van der Waals surface area (Å²) in [6.45, 7) is 5.77. The summed E-state index contributed by atoms with van der Waals surface area (Å²) in [6.07, 6.45) is 4.73. The third-order valence-electron chi connectivity index (χ3n) is 3.54. The maximum atomic E-state index is 11.7. The Hall–Kier alpha value is -2.20. The fraction of sp³-hybridized carbons (Fsp3) is 0.368. The van der Waals surface area contributed by atoms with Crippen LogP contribution in [0.2, 0.25) is 0 Å². The van der Waals surface area contributed by atoms with Crippen LogP contribution in [0.3, 0.4) is 0 Å². The van der Waals surface area contributed by atoms with E-state index < -0.39 is 5.41 Å². The normalized spacial score (nSPS) is 11.2. The number of nitrogens with two attached hydrogens (primary N) is 1. The van der Waals surface area contributed by atoms with Crippen LogP contribution in [-0.4, -0.2) is 25.1 Å². The molecular weight excluding hydrogens is 288 g/mol. The number of esters is 1. The molecule has 0 aliphatic rings. The zero-order valence-electron chi connectivity index (χ0n) is 14.6. The Kier molecular flexibility index (Phi) is 6.91. The number of benzene rings is 1. The van der Waals surface area contributed by atoms with Crippen molar-refractivity contribution in [3.05, 3.63) is 47.7 Å². The average molecular weight is 314 g/mol. The van der Waals surface area contributed by atoms with Crippen molar-refractivity contribution in [3.63, 3.8) is 0 Å². The molecule has 0 aliphatic heterocycles. The van der Waals surface area contributed by atoms with E-state index in [-0.39, 0.29) is 5.97 Å². The number of carbonyl (C=O) groups is 1. The lowest BCUT2D eigenvalue weighted by atomic mass is 9.92. The molecule has 4 nitrogen and oxygen atoms in total. The van der Waals surface area contributed by atoms with E-state index in [0.29, 0.717) is 0 Å². The summed E-state index contributed by atoms with van der Waals surface area (Å²) in [5.41, 5.74) is 6.95. The van der Waals surface area contributed by atoms with Crippen LogP contribution in [0.1, 0.15) is 32.0 Å². The monoisotopic (exact) mass is 314 g/mol. The molecule has 4 heteroatoms. The molecule has 2 rings (SSSR count). The number of rotatable bonds is 4. The van der Waals surface area contributed by atoms with Gasteiger partial charge in [-0.1, -0.05) is 37.3 Å². The fourth-order valence-electron chi connectivity index (χ4n) is 2.11. The molecule has 0 bridgehead atoms. The molecule has 1 aromatic carbocycles. The lowest BCUT2D eigenvalue weighted by Gasteiger charge is -2.16. The van der Waals surface area contributed by atoms with Crippen LogP contribution in [0.4, 0.5) is 0 Å². The highest BCUT2D eigenvalue weighted by molar-refractivity contribution is 5.83. The highest BCUT2D eigenvalue weighted by atomic mass is 16.5. The van der Waals surface area contributed by atoms with Crippen molar-refractivity contribution in [3.8, 4) is 0 Å². The van der Waals surface area contributed by atoms with Crippen LogP contribution >= 0.6 is 0 Å².